The van der Waals surface area contributed by atoms with Crippen LogP contribution in [0.3, 0.4) is 0 Å². The van der Waals surface area contributed by atoms with Gasteiger partial charge in [0.2, 0.25) is 0 Å². The van der Waals surface area contributed by atoms with Crippen molar-refractivity contribution in [2.45, 2.75) is 24.0 Å². The average molecular weight is 272 g/mol. The molecular formula is C16H16O2S. The van der Waals surface area contributed by atoms with E-state index < -0.39 is 6.10 Å². The van der Waals surface area contributed by atoms with E-state index in [4.69, 9.17) is 4.74 Å². The van der Waals surface area contributed by atoms with Crippen LogP contribution in [0.15, 0.2) is 53.4 Å². The molecule has 2 atom stereocenters. The Morgan fingerprint density at radius 1 is 1.16 bits per heavy atom. The number of rotatable bonds is 2. The number of benzene rings is 2. The molecule has 0 radical (unpaired) electrons. The number of para-hydroxylation sites is 1. The molecule has 2 nitrogen and oxygen atoms in total. The lowest BCUT2D eigenvalue weighted by molar-refractivity contribution is 0.0453. The maximum absolute atomic E-state index is 10.5. The molecule has 1 aliphatic rings. The molecule has 98 valence electrons. The zero-order chi connectivity index (χ0) is 13.2. The summed E-state index contributed by atoms with van der Waals surface area (Å²) in [6.07, 6.45) is -0.775. The van der Waals surface area contributed by atoms with Gasteiger partial charge in [-0.3, -0.25) is 0 Å². The van der Waals surface area contributed by atoms with E-state index in [0.717, 1.165) is 27.5 Å². The molecule has 3 rings (SSSR count). The summed E-state index contributed by atoms with van der Waals surface area (Å²) < 4.78 is 5.93. The fourth-order valence-corrected chi connectivity index (χ4v) is 3.34. The number of aliphatic hydroxyl groups is 1. The van der Waals surface area contributed by atoms with Gasteiger partial charge in [-0.1, -0.05) is 36.4 Å². The second-order valence-corrected chi connectivity index (χ2v) is 5.78. The van der Waals surface area contributed by atoms with E-state index >= 15 is 0 Å². The number of hydrogen-bond donors (Lipinski definition) is 1. The third kappa shape index (κ3) is 2.48. The molecule has 1 aliphatic heterocycles. The molecule has 0 aliphatic carbocycles. The Morgan fingerprint density at radius 3 is 2.74 bits per heavy atom. The lowest BCUT2D eigenvalue weighted by atomic mass is 10.00. The Morgan fingerprint density at radius 2 is 1.89 bits per heavy atom. The van der Waals surface area contributed by atoms with Crippen LogP contribution in [-0.2, 0) is 0 Å². The van der Waals surface area contributed by atoms with E-state index in [0.29, 0.717) is 0 Å². The Kier molecular flexibility index (Phi) is 3.49. The first-order valence-electron chi connectivity index (χ1n) is 6.38. The van der Waals surface area contributed by atoms with Gasteiger partial charge in [0.25, 0.3) is 0 Å². The number of fused-ring (bicyclic) bond motifs is 1. The first kappa shape index (κ1) is 12.6. The van der Waals surface area contributed by atoms with Crippen LogP contribution >= 0.6 is 11.8 Å². The number of aryl methyl sites for hydroxylation is 1. The van der Waals surface area contributed by atoms with Crippen molar-refractivity contribution in [2.24, 2.45) is 0 Å². The summed E-state index contributed by atoms with van der Waals surface area (Å²) in [7, 11) is 0. The Labute approximate surface area is 117 Å². The normalized spacial score (nSPS) is 19.4. The summed E-state index contributed by atoms with van der Waals surface area (Å²) in [5, 5.41) is 10.5. The van der Waals surface area contributed by atoms with Crippen molar-refractivity contribution < 1.29 is 9.84 Å². The van der Waals surface area contributed by atoms with Crippen LogP contribution in [-0.4, -0.2) is 17.0 Å². The van der Waals surface area contributed by atoms with Gasteiger partial charge in [0.15, 0.2) is 0 Å². The van der Waals surface area contributed by atoms with Gasteiger partial charge in [-0.15, -0.1) is 11.8 Å². The highest BCUT2D eigenvalue weighted by molar-refractivity contribution is 7.99. The summed E-state index contributed by atoms with van der Waals surface area (Å²) >= 11 is 1.74. The number of aliphatic hydroxyl groups excluding tert-OH is 1. The van der Waals surface area contributed by atoms with E-state index in [9.17, 15) is 5.11 Å². The van der Waals surface area contributed by atoms with Gasteiger partial charge in [0.1, 0.15) is 18.0 Å². The molecule has 2 unspecified atom stereocenters. The van der Waals surface area contributed by atoms with Gasteiger partial charge >= 0.3 is 0 Å². The summed E-state index contributed by atoms with van der Waals surface area (Å²) in [5.74, 6) is 1.64. The fourth-order valence-electron chi connectivity index (χ4n) is 2.31. The monoisotopic (exact) mass is 272 g/mol. The number of ether oxygens (including phenoxy) is 1. The first-order valence-corrected chi connectivity index (χ1v) is 7.36. The first-order chi connectivity index (χ1) is 9.25. The Balaban J connectivity index is 1.83. The van der Waals surface area contributed by atoms with Crippen molar-refractivity contribution in [3.8, 4) is 5.75 Å². The Hall–Kier alpha value is -1.45. The molecule has 0 spiro atoms. The standard InChI is InChI=1S/C16H16O2S/c1-11-6-2-3-7-12(11)16(17)14-10-19-15-9-5-4-8-13(15)18-14/h2-9,14,16-17H,10H2,1H3. The quantitative estimate of drug-likeness (QED) is 0.906. The third-order valence-electron chi connectivity index (χ3n) is 3.39. The van der Waals surface area contributed by atoms with Crippen LogP contribution in [0, 0.1) is 6.92 Å². The molecule has 3 heteroatoms. The lowest BCUT2D eigenvalue weighted by Gasteiger charge is -2.29. The summed E-state index contributed by atoms with van der Waals surface area (Å²) in [5.41, 5.74) is 2.05. The van der Waals surface area contributed by atoms with E-state index in [1.807, 2.05) is 49.4 Å². The molecule has 2 aromatic rings. The highest BCUT2D eigenvalue weighted by Crippen LogP contribution is 2.38. The number of thioether (sulfide) groups is 1. The van der Waals surface area contributed by atoms with Crippen molar-refractivity contribution in [2.75, 3.05) is 5.75 Å². The van der Waals surface area contributed by atoms with Crippen molar-refractivity contribution in [1.82, 2.24) is 0 Å². The van der Waals surface area contributed by atoms with Gasteiger partial charge in [0, 0.05) is 10.6 Å². The molecule has 19 heavy (non-hydrogen) atoms. The minimum atomic E-state index is -0.581. The minimum absolute atomic E-state index is 0.194. The molecule has 0 fully saturated rings. The second kappa shape index (κ2) is 5.27. The molecule has 0 amide bonds. The van der Waals surface area contributed by atoms with Crippen molar-refractivity contribution in [3.05, 3.63) is 59.7 Å². The van der Waals surface area contributed by atoms with Gasteiger partial charge in [-0.25, -0.2) is 0 Å². The molecule has 1 N–H and O–H groups in total. The van der Waals surface area contributed by atoms with E-state index in [2.05, 4.69) is 6.07 Å². The maximum Gasteiger partial charge on any atom is 0.138 e. The molecule has 0 saturated carbocycles. The number of hydrogen-bond acceptors (Lipinski definition) is 3. The third-order valence-corrected chi connectivity index (χ3v) is 4.53. The van der Waals surface area contributed by atoms with Crippen molar-refractivity contribution >= 4 is 11.8 Å². The van der Waals surface area contributed by atoms with E-state index in [1.54, 1.807) is 11.8 Å². The van der Waals surface area contributed by atoms with Crippen molar-refractivity contribution in [1.29, 1.82) is 0 Å². The van der Waals surface area contributed by atoms with Crippen LogP contribution in [0.2, 0.25) is 0 Å². The molecule has 0 aromatic heterocycles. The maximum atomic E-state index is 10.5. The second-order valence-electron chi connectivity index (χ2n) is 4.72. The molecule has 0 saturated heterocycles. The van der Waals surface area contributed by atoms with Crippen LogP contribution < -0.4 is 4.74 Å². The van der Waals surface area contributed by atoms with Crippen molar-refractivity contribution in [3.63, 3.8) is 0 Å². The zero-order valence-electron chi connectivity index (χ0n) is 10.7. The van der Waals surface area contributed by atoms with Gasteiger partial charge < -0.3 is 9.84 Å². The smallest absolute Gasteiger partial charge is 0.138 e. The zero-order valence-corrected chi connectivity index (χ0v) is 11.6. The van der Waals surface area contributed by atoms with E-state index in [-0.39, 0.29) is 6.10 Å². The predicted molar refractivity (Wildman–Crippen MR) is 77.7 cm³/mol. The average Bonchev–Trinajstić information content (AvgIpc) is 2.46. The van der Waals surface area contributed by atoms with Gasteiger partial charge in [-0.05, 0) is 30.2 Å². The van der Waals surface area contributed by atoms with E-state index in [1.165, 1.54) is 0 Å². The topological polar surface area (TPSA) is 29.5 Å². The van der Waals surface area contributed by atoms with Gasteiger partial charge in [-0.2, -0.15) is 0 Å². The van der Waals surface area contributed by atoms with Crippen LogP contribution in [0.4, 0.5) is 0 Å². The van der Waals surface area contributed by atoms with Crippen LogP contribution in [0.25, 0.3) is 0 Å². The Bertz CT molecular complexity index is 582. The van der Waals surface area contributed by atoms with Crippen LogP contribution in [0.5, 0.6) is 5.75 Å². The van der Waals surface area contributed by atoms with Crippen LogP contribution in [0.1, 0.15) is 17.2 Å². The largest absolute Gasteiger partial charge is 0.485 e. The highest BCUT2D eigenvalue weighted by Gasteiger charge is 2.28. The van der Waals surface area contributed by atoms with Gasteiger partial charge in [0.05, 0.1) is 0 Å². The summed E-state index contributed by atoms with van der Waals surface area (Å²) in [6, 6.07) is 15.9. The molecule has 2 aromatic carbocycles. The lowest BCUT2D eigenvalue weighted by Crippen LogP contribution is -2.30. The summed E-state index contributed by atoms with van der Waals surface area (Å²) in [4.78, 5) is 1.15. The minimum Gasteiger partial charge on any atom is -0.485 e. The SMILES string of the molecule is Cc1ccccc1C(O)C1CSc2ccccc2O1. The molecule has 0 bridgehead atoms. The highest BCUT2D eigenvalue weighted by atomic mass is 32.2. The summed E-state index contributed by atoms with van der Waals surface area (Å²) in [6.45, 7) is 2.02. The molecular weight excluding hydrogens is 256 g/mol. The fraction of sp³-hybridized carbons (Fsp3) is 0.250. The molecule has 1 heterocycles. The predicted octanol–water partition coefficient (Wildman–Crippen LogP) is 3.58.